The van der Waals surface area contributed by atoms with E-state index in [4.69, 9.17) is 0 Å². The molecule has 0 saturated carbocycles. The second-order valence-corrected chi connectivity index (χ2v) is 5.54. The van der Waals surface area contributed by atoms with Crippen molar-refractivity contribution in [1.82, 2.24) is 19.7 Å². The molecule has 0 spiro atoms. The zero-order valence-corrected chi connectivity index (χ0v) is 11.4. The molecular weight excluding hydrogens is 228 g/mol. The van der Waals surface area contributed by atoms with Crippen molar-refractivity contribution in [3.63, 3.8) is 0 Å². The summed E-state index contributed by atoms with van der Waals surface area (Å²) in [7, 11) is 0. The van der Waals surface area contributed by atoms with Crippen LogP contribution in [0.2, 0.25) is 0 Å². The molecule has 5 heteroatoms. The largest absolute Gasteiger partial charge is 0.292 e. The van der Waals surface area contributed by atoms with Gasteiger partial charge in [0.2, 0.25) is 0 Å². The number of H-pyrrole nitrogens is 1. The number of hydrogen-bond donors (Lipinski definition) is 1. The Morgan fingerprint density at radius 2 is 1.67 bits per heavy atom. The molecule has 0 aromatic carbocycles. The van der Waals surface area contributed by atoms with Crippen LogP contribution in [0.3, 0.4) is 0 Å². The standard InChI is InChI=1S/C13H18N4O/c1-8-6-9(2)15-12(14-8)17-11(18)7-10(16-17)13(3,4)5/h6-7,16H,1-5H3. The lowest BCUT2D eigenvalue weighted by atomic mass is 9.93. The third kappa shape index (κ3) is 2.34. The SMILES string of the molecule is Cc1cc(C)nc(-n2[nH]c(C(C)(C)C)cc2=O)n1. The van der Waals surface area contributed by atoms with Crippen molar-refractivity contribution in [2.75, 3.05) is 0 Å². The highest BCUT2D eigenvalue weighted by Crippen LogP contribution is 2.18. The average Bonchev–Trinajstić information content (AvgIpc) is 2.58. The molecular formula is C13H18N4O. The zero-order valence-electron chi connectivity index (χ0n) is 11.4. The Bertz CT molecular complexity index is 611. The smallest absolute Gasteiger partial charge is 0.274 e. The van der Waals surface area contributed by atoms with Crippen molar-refractivity contribution >= 4 is 0 Å². The van der Waals surface area contributed by atoms with Crippen molar-refractivity contribution in [3.8, 4) is 5.95 Å². The van der Waals surface area contributed by atoms with Gasteiger partial charge in [0.05, 0.1) is 0 Å². The van der Waals surface area contributed by atoms with Crippen molar-refractivity contribution in [2.45, 2.75) is 40.0 Å². The second kappa shape index (κ2) is 4.08. The lowest BCUT2D eigenvalue weighted by molar-refractivity contribution is 0.557. The van der Waals surface area contributed by atoms with Crippen LogP contribution in [-0.4, -0.2) is 19.7 Å². The van der Waals surface area contributed by atoms with Gasteiger partial charge in [-0.25, -0.2) is 9.97 Å². The minimum atomic E-state index is -0.134. The summed E-state index contributed by atoms with van der Waals surface area (Å²) in [5, 5.41) is 3.07. The molecule has 2 aromatic heterocycles. The van der Waals surface area contributed by atoms with Gasteiger partial charge in [-0.3, -0.25) is 9.89 Å². The molecule has 0 atom stereocenters. The van der Waals surface area contributed by atoms with E-state index in [0.29, 0.717) is 5.95 Å². The van der Waals surface area contributed by atoms with E-state index in [2.05, 4.69) is 15.1 Å². The average molecular weight is 246 g/mol. The van der Waals surface area contributed by atoms with Gasteiger partial charge in [0.1, 0.15) is 0 Å². The molecule has 2 heterocycles. The minimum Gasteiger partial charge on any atom is -0.292 e. The summed E-state index contributed by atoms with van der Waals surface area (Å²) < 4.78 is 1.39. The van der Waals surface area contributed by atoms with Crippen LogP contribution >= 0.6 is 0 Å². The van der Waals surface area contributed by atoms with Crippen molar-refractivity contribution in [2.24, 2.45) is 0 Å². The fraction of sp³-hybridized carbons (Fsp3) is 0.462. The van der Waals surface area contributed by atoms with E-state index in [1.807, 2.05) is 40.7 Å². The van der Waals surface area contributed by atoms with Crippen molar-refractivity contribution in [1.29, 1.82) is 0 Å². The Labute approximate surface area is 106 Å². The fourth-order valence-electron chi connectivity index (χ4n) is 1.74. The summed E-state index contributed by atoms with van der Waals surface area (Å²) in [5.41, 5.74) is 2.32. The summed E-state index contributed by atoms with van der Waals surface area (Å²) in [5.74, 6) is 0.396. The van der Waals surface area contributed by atoms with Crippen molar-refractivity contribution in [3.05, 3.63) is 39.6 Å². The highest BCUT2D eigenvalue weighted by atomic mass is 16.1. The highest BCUT2D eigenvalue weighted by Gasteiger charge is 2.18. The maximum atomic E-state index is 12.0. The molecule has 0 unspecified atom stereocenters. The molecule has 0 fully saturated rings. The Morgan fingerprint density at radius 1 is 1.11 bits per heavy atom. The molecule has 18 heavy (non-hydrogen) atoms. The minimum absolute atomic E-state index is 0.108. The van der Waals surface area contributed by atoms with Crippen LogP contribution < -0.4 is 5.56 Å². The fourth-order valence-corrected chi connectivity index (χ4v) is 1.74. The van der Waals surface area contributed by atoms with E-state index in [-0.39, 0.29) is 11.0 Å². The second-order valence-electron chi connectivity index (χ2n) is 5.54. The molecule has 0 aliphatic heterocycles. The van der Waals surface area contributed by atoms with E-state index in [0.717, 1.165) is 17.1 Å². The zero-order chi connectivity index (χ0) is 13.5. The number of aromatic amines is 1. The number of nitrogens with one attached hydrogen (secondary N) is 1. The maximum Gasteiger partial charge on any atom is 0.274 e. The van der Waals surface area contributed by atoms with Crippen molar-refractivity contribution < 1.29 is 0 Å². The van der Waals surface area contributed by atoms with Crippen LogP contribution in [0.5, 0.6) is 0 Å². The van der Waals surface area contributed by atoms with Crippen LogP contribution in [0.15, 0.2) is 16.9 Å². The molecule has 0 aliphatic carbocycles. The Morgan fingerprint density at radius 3 is 2.11 bits per heavy atom. The molecule has 0 saturated heterocycles. The van der Waals surface area contributed by atoms with Crippen LogP contribution in [0.1, 0.15) is 37.9 Å². The maximum absolute atomic E-state index is 12.0. The lowest BCUT2D eigenvalue weighted by Gasteiger charge is -2.15. The van der Waals surface area contributed by atoms with Gasteiger partial charge in [0, 0.05) is 28.6 Å². The third-order valence-corrected chi connectivity index (χ3v) is 2.70. The van der Waals surface area contributed by atoms with Gasteiger partial charge in [0.15, 0.2) is 0 Å². The van der Waals surface area contributed by atoms with Crippen LogP contribution in [-0.2, 0) is 5.41 Å². The van der Waals surface area contributed by atoms with E-state index >= 15 is 0 Å². The van der Waals surface area contributed by atoms with E-state index in [1.165, 1.54) is 4.68 Å². The first-order valence-corrected chi connectivity index (χ1v) is 5.92. The first-order chi connectivity index (χ1) is 8.27. The normalized spacial score (nSPS) is 11.8. The number of nitrogens with zero attached hydrogens (tertiary/aromatic N) is 3. The quantitative estimate of drug-likeness (QED) is 0.835. The van der Waals surface area contributed by atoms with E-state index < -0.39 is 0 Å². The molecule has 1 N–H and O–H groups in total. The van der Waals surface area contributed by atoms with Crippen LogP contribution in [0, 0.1) is 13.8 Å². The van der Waals surface area contributed by atoms with Gasteiger partial charge >= 0.3 is 0 Å². The number of rotatable bonds is 1. The summed E-state index contributed by atoms with van der Waals surface area (Å²) in [6, 6.07) is 3.48. The van der Waals surface area contributed by atoms with E-state index in [9.17, 15) is 4.79 Å². The Kier molecular flexibility index (Phi) is 2.84. The molecule has 5 nitrogen and oxygen atoms in total. The molecule has 0 bridgehead atoms. The summed E-state index contributed by atoms with van der Waals surface area (Å²) in [6.07, 6.45) is 0. The first-order valence-electron chi connectivity index (χ1n) is 5.92. The topological polar surface area (TPSA) is 63.6 Å². The predicted molar refractivity (Wildman–Crippen MR) is 70.2 cm³/mol. The summed E-state index contributed by atoms with van der Waals surface area (Å²) >= 11 is 0. The summed E-state index contributed by atoms with van der Waals surface area (Å²) in [4.78, 5) is 20.5. The lowest BCUT2D eigenvalue weighted by Crippen LogP contribution is -2.17. The van der Waals surface area contributed by atoms with E-state index in [1.54, 1.807) is 6.07 Å². The molecule has 96 valence electrons. The van der Waals surface area contributed by atoms with Crippen LogP contribution in [0.4, 0.5) is 0 Å². The Balaban J connectivity index is 2.58. The number of hydrogen-bond acceptors (Lipinski definition) is 3. The molecule has 2 rings (SSSR count). The van der Waals surface area contributed by atoms with Gasteiger partial charge in [-0.1, -0.05) is 20.8 Å². The molecule has 0 aliphatic rings. The van der Waals surface area contributed by atoms with Gasteiger partial charge in [0.25, 0.3) is 11.5 Å². The number of aromatic nitrogens is 4. The highest BCUT2D eigenvalue weighted by molar-refractivity contribution is 5.20. The molecule has 0 radical (unpaired) electrons. The molecule has 2 aromatic rings. The Hall–Kier alpha value is -1.91. The third-order valence-electron chi connectivity index (χ3n) is 2.70. The first kappa shape index (κ1) is 12.5. The molecule has 0 amide bonds. The monoisotopic (exact) mass is 246 g/mol. The summed E-state index contributed by atoms with van der Waals surface area (Å²) in [6.45, 7) is 9.91. The van der Waals surface area contributed by atoms with Gasteiger partial charge in [-0.05, 0) is 19.9 Å². The van der Waals surface area contributed by atoms with Gasteiger partial charge in [-0.2, -0.15) is 4.68 Å². The predicted octanol–water partition coefficient (Wildman–Crippen LogP) is 1.87. The van der Waals surface area contributed by atoms with Gasteiger partial charge < -0.3 is 0 Å². The van der Waals surface area contributed by atoms with Gasteiger partial charge in [-0.15, -0.1) is 0 Å². The van der Waals surface area contributed by atoms with Crippen LogP contribution in [0.25, 0.3) is 5.95 Å². The number of aryl methyl sites for hydroxylation is 2.